The summed E-state index contributed by atoms with van der Waals surface area (Å²) in [7, 11) is 3.31. The third kappa shape index (κ3) is 10.2. The smallest absolute Gasteiger partial charge is 0.355 e. The van der Waals surface area contributed by atoms with Crippen molar-refractivity contribution in [3.63, 3.8) is 0 Å². The van der Waals surface area contributed by atoms with E-state index in [0.717, 1.165) is 70.1 Å². The van der Waals surface area contributed by atoms with Gasteiger partial charge in [-0.2, -0.15) is 5.10 Å². The van der Waals surface area contributed by atoms with Crippen LogP contribution in [-0.2, 0) is 34.4 Å². The van der Waals surface area contributed by atoms with E-state index < -0.39 is 11.9 Å². The molecule has 3 aliphatic rings. The molecule has 2 fully saturated rings. The number of fused-ring (bicyclic) bond motifs is 3. The molecular formula is C55H57N9O8S. The number of ether oxygens (including phenoxy) is 2. The standard InChI is InChI=1S/C55H57N9O8S/c1-31-27-35(72-26-8-9-33-22-24-63(32(2)28-33)30-47(66)56-43-19-16-39-48(40-18-21-46(65)59-53(40)68)61-62(3)50(39)51(43)71-4)14-15-36(31)37-17-20-45(58-49(37)54(69)70)64-25-23-34-10-7-11-38(41(34)29-64)52(67)60-55-57-42-12-5-6-13-44(42)73-55/h5-7,10-17,19-20,27,32-33,40H,8-9,18,21-26,28-30H2,1-4H3,(H,56,66)(H,69,70)(H,57,60,67)(H,59,65,68)/t32-,33+,40?/m0/s1. The van der Waals surface area contributed by atoms with Gasteiger partial charge in [0, 0.05) is 49.1 Å². The van der Waals surface area contributed by atoms with Crippen molar-refractivity contribution in [3.8, 4) is 22.6 Å². The van der Waals surface area contributed by atoms with Crippen molar-refractivity contribution in [2.45, 2.75) is 77.3 Å². The predicted octanol–water partition coefficient (Wildman–Crippen LogP) is 8.49. The Morgan fingerprint density at radius 2 is 1.77 bits per heavy atom. The van der Waals surface area contributed by atoms with Gasteiger partial charge in [0.15, 0.2) is 16.6 Å². The number of carboxylic acid groups (broad SMARTS) is 1. The molecule has 10 rings (SSSR count). The normalized spacial score (nSPS) is 18.1. The van der Waals surface area contributed by atoms with Gasteiger partial charge in [-0.3, -0.25) is 39.4 Å². The number of aryl methyl sites for hydroxylation is 2. The molecule has 0 radical (unpaired) electrons. The van der Waals surface area contributed by atoms with Crippen LogP contribution < -0.4 is 30.3 Å². The number of nitrogens with one attached hydrogen (secondary N) is 3. The summed E-state index contributed by atoms with van der Waals surface area (Å²) in [4.78, 5) is 77.8. The lowest BCUT2D eigenvalue weighted by molar-refractivity contribution is -0.134. The minimum Gasteiger partial charge on any atom is -0.494 e. The van der Waals surface area contributed by atoms with Crippen molar-refractivity contribution in [1.82, 2.24) is 30.0 Å². The zero-order valence-corrected chi connectivity index (χ0v) is 42.0. The van der Waals surface area contributed by atoms with Crippen molar-refractivity contribution < 1.29 is 38.6 Å². The van der Waals surface area contributed by atoms with Crippen LogP contribution in [0.4, 0.5) is 16.6 Å². The maximum atomic E-state index is 13.6. The molecule has 0 saturated carbocycles. The van der Waals surface area contributed by atoms with Gasteiger partial charge in [0.1, 0.15) is 17.1 Å². The van der Waals surface area contributed by atoms with E-state index in [0.29, 0.717) is 88.9 Å². The summed E-state index contributed by atoms with van der Waals surface area (Å²) in [5.41, 5.74) is 7.16. The molecule has 7 aromatic rings. The fourth-order valence-corrected chi connectivity index (χ4v) is 11.6. The first-order valence-corrected chi connectivity index (χ1v) is 25.6. The molecule has 0 bridgehead atoms. The number of amides is 4. The summed E-state index contributed by atoms with van der Waals surface area (Å²) in [5.74, 6) is -0.536. The average molecular weight is 1000 g/mol. The summed E-state index contributed by atoms with van der Waals surface area (Å²) in [6.07, 6.45) is 5.08. The van der Waals surface area contributed by atoms with Crippen LogP contribution in [0.2, 0.25) is 0 Å². The molecular weight excluding hydrogens is 947 g/mol. The number of aromatic carboxylic acids is 1. The summed E-state index contributed by atoms with van der Waals surface area (Å²) in [5, 5.41) is 24.8. The van der Waals surface area contributed by atoms with Crippen LogP contribution >= 0.6 is 11.3 Å². The van der Waals surface area contributed by atoms with Gasteiger partial charge in [0.2, 0.25) is 17.7 Å². The van der Waals surface area contributed by atoms with E-state index in [4.69, 9.17) is 14.5 Å². The van der Waals surface area contributed by atoms with Crippen LogP contribution in [0.1, 0.15) is 94.6 Å². The Kier molecular flexibility index (Phi) is 13.9. The number of aromatic nitrogens is 4. The van der Waals surface area contributed by atoms with Crippen molar-refractivity contribution in [3.05, 3.63) is 119 Å². The number of pyridine rings is 1. The minimum atomic E-state index is -1.13. The van der Waals surface area contributed by atoms with Crippen molar-refractivity contribution in [2.24, 2.45) is 13.0 Å². The fourth-order valence-electron chi connectivity index (χ4n) is 10.7. The molecule has 4 N–H and O–H groups in total. The number of hydrogen-bond acceptors (Lipinski definition) is 13. The van der Waals surface area contributed by atoms with E-state index in [1.807, 2.05) is 90.7 Å². The summed E-state index contributed by atoms with van der Waals surface area (Å²) in [6, 6.07) is 26.7. The number of rotatable bonds is 15. The zero-order valence-electron chi connectivity index (χ0n) is 41.2. The van der Waals surface area contributed by atoms with Crippen LogP contribution in [0.25, 0.3) is 32.2 Å². The number of para-hydroxylation sites is 1. The van der Waals surface area contributed by atoms with Gasteiger partial charge in [0.25, 0.3) is 5.91 Å². The van der Waals surface area contributed by atoms with Crippen LogP contribution in [0.5, 0.6) is 11.5 Å². The molecule has 17 nitrogen and oxygen atoms in total. The van der Waals surface area contributed by atoms with Gasteiger partial charge < -0.3 is 24.8 Å². The number of carboxylic acids is 1. The highest BCUT2D eigenvalue weighted by atomic mass is 32.1. The maximum absolute atomic E-state index is 13.6. The molecule has 18 heteroatoms. The van der Waals surface area contributed by atoms with Crippen molar-refractivity contribution in [2.75, 3.05) is 48.9 Å². The van der Waals surface area contributed by atoms with Crippen LogP contribution in [0, 0.1) is 12.8 Å². The molecule has 2 saturated heterocycles. The Morgan fingerprint density at radius 3 is 2.55 bits per heavy atom. The highest BCUT2D eigenvalue weighted by Gasteiger charge is 2.33. The molecule has 0 aliphatic carbocycles. The first kappa shape index (κ1) is 48.9. The molecule has 0 spiro atoms. The predicted molar refractivity (Wildman–Crippen MR) is 280 cm³/mol. The molecule has 1 unspecified atom stereocenters. The van der Waals surface area contributed by atoms with E-state index in [9.17, 15) is 29.1 Å². The van der Waals surface area contributed by atoms with E-state index in [-0.39, 0.29) is 48.3 Å². The number of carbonyl (C=O) groups excluding carboxylic acids is 4. The topological polar surface area (TPSA) is 210 Å². The van der Waals surface area contributed by atoms with E-state index >= 15 is 0 Å². The summed E-state index contributed by atoms with van der Waals surface area (Å²) < 4.78 is 14.7. The number of thiazole rings is 1. The Bertz CT molecular complexity index is 3280. The lowest BCUT2D eigenvalue weighted by Gasteiger charge is -2.37. The van der Waals surface area contributed by atoms with E-state index in [1.54, 1.807) is 17.8 Å². The lowest BCUT2D eigenvalue weighted by atomic mass is 9.88. The van der Waals surface area contributed by atoms with Gasteiger partial charge in [-0.1, -0.05) is 41.7 Å². The SMILES string of the molecule is COc1c(NC(=O)CN2CC[C@@H](CCCOc3ccc(-c4ccc(N5CCc6cccc(C(=O)Nc7nc8ccccc8s7)c6C5)nc4C(=O)O)c(C)c3)C[C@@H]2C)ccc2c(C3CCC(=O)NC3=O)nn(C)c12. The van der Waals surface area contributed by atoms with Crippen LogP contribution in [-0.4, -0.2) is 98.7 Å². The number of nitrogens with zero attached hydrogens (tertiary/aromatic N) is 6. The van der Waals surface area contributed by atoms with Crippen LogP contribution in [0.3, 0.4) is 0 Å². The second kappa shape index (κ2) is 20.8. The van der Waals surface area contributed by atoms with E-state index in [2.05, 4.69) is 37.9 Å². The zero-order chi connectivity index (χ0) is 50.9. The Labute approximate surface area is 425 Å². The molecule has 3 aromatic heterocycles. The maximum Gasteiger partial charge on any atom is 0.355 e. The molecule has 73 heavy (non-hydrogen) atoms. The molecule has 376 valence electrons. The highest BCUT2D eigenvalue weighted by molar-refractivity contribution is 7.22. The Hall–Kier alpha value is -7.70. The number of likely N-dealkylation sites (tertiary alicyclic amines) is 1. The highest BCUT2D eigenvalue weighted by Crippen LogP contribution is 2.39. The molecule has 4 aromatic carbocycles. The Balaban J connectivity index is 0.709. The quantitative estimate of drug-likeness (QED) is 0.0562. The van der Waals surface area contributed by atoms with Crippen molar-refractivity contribution in [1.29, 1.82) is 0 Å². The number of carbonyl (C=O) groups is 5. The number of hydrogen-bond donors (Lipinski definition) is 4. The minimum absolute atomic E-state index is 0.0471. The second-order valence-electron chi connectivity index (χ2n) is 19.2. The van der Waals surface area contributed by atoms with Crippen LogP contribution in [0.15, 0.2) is 84.9 Å². The number of benzene rings is 4. The average Bonchev–Trinajstić information content (AvgIpc) is 3.95. The largest absolute Gasteiger partial charge is 0.494 e. The second-order valence-corrected chi connectivity index (χ2v) is 20.2. The third-order valence-corrected chi connectivity index (χ3v) is 15.4. The van der Waals surface area contributed by atoms with Gasteiger partial charge in [-0.05, 0) is 142 Å². The monoisotopic (exact) mass is 1000 g/mol. The summed E-state index contributed by atoms with van der Waals surface area (Å²) in [6.45, 7) is 6.68. The van der Waals surface area contributed by atoms with Gasteiger partial charge in [0.05, 0.1) is 47.8 Å². The van der Waals surface area contributed by atoms with Gasteiger partial charge >= 0.3 is 5.97 Å². The van der Waals surface area contributed by atoms with E-state index in [1.165, 1.54) is 18.4 Å². The first-order chi connectivity index (χ1) is 35.3. The Morgan fingerprint density at radius 1 is 0.932 bits per heavy atom. The first-order valence-electron chi connectivity index (χ1n) is 24.7. The van der Waals surface area contributed by atoms with Crippen molar-refractivity contribution >= 4 is 78.7 Å². The number of imide groups is 1. The molecule has 6 heterocycles. The number of anilines is 3. The molecule has 3 aliphatic heterocycles. The number of piperidine rings is 2. The third-order valence-electron chi connectivity index (χ3n) is 14.5. The molecule has 4 amide bonds. The molecule has 3 atom stereocenters. The van der Waals surface area contributed by atoms with Gasteiger partial charge in [-0.25, -0.2) is 14.8 Å². The lowest BCUT2D eigenvalue weighted by Crippen LogP contribution is -2.44. The van der Waals surface area contributed by atoms with Gasteiger partial charge in [-0.15, -0.1) is 0 Å². The fraction of sp³-hybridized carbons (Fsp3) is 0.345. The number of methoxy groups -OCH3 is 1. The summed E-state index contributed by atoms with van der Waals surface area (Å²) >= 11 is 1.43.